The van der Waals surface area contributed by atoms with Crippen LogP contribution in [0.4, 0.5) is 4.39 Å². The van der Waals surface area contributed by atoms with E-state index >= 15 is 0 Å². The van der Waals surface area contributed by atoms with Crippen LogP contribution in [0.5, 0.6) is 5.75 Å². The highest BCUT2D eigenvalue weighted by molar-refractivity contribution is 5.87. The number of rotatable bonds is 6. The van der Waals surface area contributed by atoms with Gasteiger partial charge < -0.3 is 14.7 Å². The number of amides is 1. The van der Waals surface area contributed by atoms with Crippen molar-refractivity contribution in [3.63, 3.8) is 0 Å². The van der Waals surface area contributed by atoms with Gasteiger partial charge in [0.1, 0.15) is 18.5 Å². The molecule has 0 radical (unpaired) electrons. The minimum atomic E-state index is -1.02. The van der Waals surface area contributed by atoms with E-state index in [1.807, 2.05) is 13.8 Å². The van der Waals surface area contributed by atoms with Crippen molar-refractivity contribution in [2.24, 2.45) is 5.92 Å². The standard InChI is InChI=1S/C17H22FNO4/c1-11(2)7-16(20)19-9-13(18)8-14(19)10-23-15-5-3-12(4-6-15)17(21)22/h3-6,11,13-14H,7-10H2,1-2H3,(H,21,22)/t13-,14-/m0/s1. The molecule has 1 amide bonds. The quantitative estimate of drug-likeness (QED) is 0.874. The fraction of sp³-hybridized carbons (Fsp3) is 0.529. The molecule has 1 fully saturated rings. The predicted octanol–water partition coefficient (Wildman–Crippen LogP) is 2.75. The second-order valence-electron chi connectivity index (χ2n) is 6.27. The average Bonchev–Trinajstić information content (AvgIpc) is 2.86. The summed E-state index contributed by atoms with van der Waals surface area (Å²) in [5, 5.41) is 8.85. The number of likely N-dealkylation sites (tertiary alicyclic amines) is 1. The van der Waals surface area contributed by atoms with Crippen LogP contribution in [0.2, 0.25) is 0 Å². The molecule has 1 N–H and O–H groups in total. The molecular weight excluding hydrogens is 301 g/mol. The van der Waals surface area contributed by atoms with Gasteiger partial charge >= 0.3 is 5.97 Å². The Morgan fingerprint density at radius 1 is 1.35 bits per heavy atom. The number of carboxylic acid groups (broad SMARTS) is 1. The first-order valence-corrected chi connectivity index (χ1v) is 7.76. The summed E-state index contributed by atoms with van der Waals surface area (Å²) < 4.78 is 19.3. The summed E-state index contributed by atoms with van der Waals surface area (Å²) in [7, 11) is 0. The largest absolute Gasteiger partial charge is 0.491 e. The van der Waals surface area contributed by atoms with Crippen LogP contribution < -0.4 is 4.74 Å². The summed E-state index contributed by atoms with van der Waals surface area (Å²) in [6.07, 6.45) is -0.345. The molecule has 6 heteroatoms. The number of nitrogens with zero attached hydrogens (tertiary/aromatic N) is 1. The minimum Gasteiger partial charge on any atom is -0.491 e. The first-order valence-electron chi connectivity index (χ1n) is 7.76. The number of halogens is 1. The van der Waals surface area contributed by atoms with Gasteiger partial charge in [0, 0.05) is 12.8 Å². The van der Waals surface area contributed by atoms with Crippen LogP contribution in [0.3, 0.4) is 0 Å². The molecule has 126 valence electrons. The lowest BCUT2D eigenvalue weighted by Crippen LogP contribution is -2.39. The van der Waals surface area contributed by atoms with Gasteiger partial charge in [0.25, 0.3) is 0 Å². The summed E-state index contributed by atoms with van der Waals surface area (Å²) in [5.41, 5.74) is 0.177. The van der Waals surface area contributed by atoms with Gasteiger partial charge in [0.15, 0.2) is 0 Å². The fourth-order valence-corrected chi connectivity index (χ4v) is 2.68. The van der Waals surface area contributed by atoms with Crippen molar-refractivity contribution in [2.75, 3.05) is 13.2 Å². The maximum absolute atomic E-state index is 13.7. The molecule has 0 unspecified atom stereocenters. The molecule has 23 heavy (non-hydrogen) atoms. The van der Waals surface area contributed by atoms with Crippen molar-refractivity contribution in [1.82, 2.24) is 4.90 Å². The zero-order valence-electron chi connectivity index (χ0n) is 13.4. The Hall–Kier alpha value is -2.11. The fourth-order valence-electron chi connectivity index (χ4n) is 2.68. The van der Waals surface area contributed by atoms with Gasteiger partial charge in [-0.3, -0.25) is 4.79 Å². The van der Waals surface area contributed by atoms with E-state index in [1.165, 1.54) is 12.1 Å². The normalized spacial score (nSPS) is 20.8. The molecule has 1 aromatic carbocycles. The lowest BCUT2D eigenvalue weighted by atomic mass is 10.1. The van der Waals surface area contributed by atoms with E-state index in [1.54, 1.807) is 17.0 Å². The Morgan fingerprint density at radius 3 is 2.57 bits per heavy atom. The molecule has 2 rings (SSSR count). The van der Waals surface area contributed by atoms with Crippen molar-refractivity contribution < 1.29 is 23.8 Å². The van der Waals surface area contributed by atoms with Crippen LogP contribution in [0.15, 0.2) is 24.3 Å². The van der Waals surface area contributed by atoms with Gasteiger partial charge in [0.2, 0.25) is 5.91 Å². The molecule has 0 saturated carbocycles. The molecular formula is C17H22FNO4. The molecule has 1 heterocycles. The topological polar surface area (TPSA) is 66.8 Å². The zero-order valence-corrected chi connectivity index (χ0v) is 13.4. The summed E-state index contributed by atoms with van der Waals surface area (Å²) in [5.74, 6) is -0.312. The van der Waals surface area contributed by atoms with Crippen molar-refractivity contribution in [2.45, 2.75) is 38.9 Å². The first kappa shape index (κ1) is 17.2. The van der Waals surface area contributed by atoms with Crippen LogP contribution in [-0.4, -0.2) is 47.2 Å². The second kappa shape index (κ2) is 7.44. The van der Waals surface area contributed by atoms with Crippen molar-refractivity contribution >= 4 is 11.9 Å². The van der Waals surface area contributed by atoms with E-state index < -0.39 is 12.1 Å². The first-order chi connectivity index (χ1) is 10.9. The SMILES string of the molecule is CC(C)CC(=O)N1C[C@@H](F)C[C@H]1COc1ccc(C(=O)O)cc1. The van der Waals surface area contributed by atoms with Gasteiger partial charge in [-0.1, -0.05) is 13.8 Å². The molecule has 2 atom stereocenters. The monoisotopic (exact) mass is 323 g/mol. The number of carboxylic acids is 1. The summed E-state index contributed by atoms with van der Waals surface area (Å²) in [6.45, 7) is 4.24. The van der Waals surface area contributed by atoms with Gasteiger partial charge in [-0.15, -0.1) is 0 Å². The average molecular weight is 323 g/mol. The Balaban J connectivity index is 1.94. The molecule has 1 aliphatic rings. The number of alkyl halides is 1. The van der Waals surface area contributed by atoms with E-state index in [-0.39, 0.29) is 43.0 Å². The van der Waals surface area contributed by atoms with Crippen LogP contribution in [0.25, 0.3) is 0 Å². The number of aromatic carboxylic acids is 1. The predicted molar refractivity (Wildman–Crippen MR) is 83.4 cm³/mol. The van der Waals surface area contributed by atoms with E-state index in [2.05, 4.69) is 0 Å². The van der Waals surface area contributed by atoms with Gasteiger partial charge in [0.05, 0.1) is 18.2 Å². The molecule has 0 bridgehead atoms. The Morgan fingerprint density at radius 2 is 2.00 bits per heavy atom. The third-order valence-corrected chi connectivity index (χ3v) is 3.81. The summed E-state index contributed by atoms with van der Waals surface area (Å²) >= 11 is 0. The van der Waals surface area contributed by atoms with Gasteiger partial charge in [-0.05, 0) is 30.2 Å². The van der Waals surface area contributed by atoms with Crippen LogP contribution >= 0.6 is 0 Å². The second-order valence-corrected chi connectivity index (χ2v) is 6.27. The maximum Gasteiger partial charge on any atom is 0.335 e. The number of benzene rings is 1. The highest BCUT2D eigenvalue weighted by atomic mass is 19.1. The van der Waals surface area contributed by atoms with Crippen LogP contribution in [0.1, 0.15) is 37.0 Å². The van der Waals surface area contributed by atoms with E-state index in [9.17, 15) is 14.0 Å². The molecule has 1 aliphatic heterocycles. The number of carbonyl (C=O) groups is 2. The number of carbonyl (C=O) groups excluding carboxylic acids is 1. The molecule has 5 nitrogen and oxygen atoms in total. The van der Waals surface area contributed by atoms with E-state index in [0.717, 1.165) is 0 Å². The highest BCUT2D eigenvalue weighted by Gasteiger charge is 2.35. The van der Waals surface area contributed by atoms with Gasteiger partial charge in [-0.25, -0.2) is 9.18 Å². The smallest absolute Gasteiger partial charge is 0.335 e. The summed E-state index contributed by atoms with van der Waals surface area (Å²) in [6, 6.07) is 5.74. The third-order valence-electron chi connectivity index (χ3n) is 3.81. The van der Waals surface area contributed by atoms with E-state index in [4.69, 9.17) is 9.84 Å². The van der Waals surface area contributed by atoms with Crippen molar-refractivity contribution in [3.8, 4) is 5.75 Å². The Labute approximate surface area is 135 Å². The molecule has 0 spiro atoms. The van der Waals surface area contributed by atoms with E-state index in [0.29, 0.717) is 12.2 Å². The van der Waals surface area contributed by atoms with Crippen LogP contribution in [-0.2, 0) is 4.79 Å². The molecule has 1 saturated heterocycles. The minimum absolute atomic E-state index is 0.0463. The van der Waals surface area contributed by atoms with Crippen LogP contribution in [0, 0.1) is 5.92 Å². The molecule has 1 aromatic rings. The van der Waals surface area contributed by atoms with Crippen molar-refractivity contribution in [3.05, 3.63) is 29.8 Å². The van der Waals surface area contributed by atoms with Gasteiger partial charge in [-0.2, -0.15) is 0 Å². The summed E-state index contributed by atoms with van der Waals surface area (Å²) in [4.78, 5) is 24.5. The van der Waals surface area contributed by atoms with Crippen molar-refractivity contribution in [1.29, 1.82) is 0 Å². The molecule has 0 aliphatic carbocycles. The molecule has 0 aromatic heterocycles. The lowest BCUT2D eigenvalue weighted by molar-refractivity contribution is -0.133. The Bertz CT molecular complexity index is 558. The zero-order chi connectivity index (χ0) is 17.0. The number of hydrogen-bond donors (Lipinski definition) is 1. The highest BCUT2D eigenvalue weighted by Crippen LogP contribution is 2.23. The third kappa shape index (κ3) is 4.68. The number of hydrogen-bond acceptors (Lipinski definition) is 3. The maximum atomic E-state index is 13.7. The lowest BCUT2D eigenvalue weighted by Gasteiger charge is -2.25. The Kier molecular flexibility index (Phi) is 5.58. The number of ether oxygens (including phenoxy) is 1.